The molecule has 110 valence electrons. The molecule has 1 N–H and O–H groups in total. The van der Waals surface area contributed by atoms with Crippen molar-refractivity contribution < 1.29 is 4.74 Å². The number of anilines is 1. The maximum absolute atomic E-state index is 5.87. The lowest BCUT2D eigenvalue weighted by atomic mass is 10.2. The molecular formula is C15H23N3OS. The van der Waals surface area contributed by atoms with Crippen molar-refractivity contribution in [3.05, 3.63) is 10.9 Å². The average Bonchev–Trinajstić information content (AvgIpc) is 2.82. The second-order valence-corrected chi connectivity index (χ2v) is 6.18. The summed E-state index contributed by atoms with van der Waals surface area (Å²) in [6.45, 7) is 5.04. The number of ether oxygens (including phenoxy) is 1. The van der Waals surface area contributed by atoms with Crippen molar-refractivity contribution in [2.45, 2.75) is 46.0 Å². The molecule has 2 aromatic heterocycles. The molecule has 0 spiro atoms. The van der Waals surface area contributed by atoms with Gasteiger partial charge in [0.15, 0.2) is 0 Å². The smallest absolute Gasteiger partial charge is 0.227 e. The van der Waals surface area contributed by atoms with E-state index in [0.717, 1.165) is 23.2 Å². The van der Waals surface area contributed by atoms with Crippen LogP contribution >= 0.6 is 11.3 Å². The normalized spacial score (nSPS) is 10.9. The van der Waals surface area contributed by atoms with Crippen molar-refractivity contribution in [3.8, 4) is 5.88 Å². The van der Waals surface area contributed by atoms with Crippen LogP contribution in [0.5, 0.6) is 5.88 Å². The van der Waals surface area contributed by atoms with E-state index in [0.29, 0.717) is 11.8 Å². The monoisotopic (exact) mass is 293 g/mol. The highest BCUT2D eigenvalue weighted by atomic mass is 32.1. The van der Waals surface area contributed by atoms with E-state index < -0.39 is 0 Å². The van der Waals surface area contributed by atoms with Crippen molar-refractivity contribution >= 4 is 27.5 Å². The highest BCUT2D eigenvalue weighted by Gasteiger charge is 2.11. The molecule has 0 amide bonds. The van der Waals surface area contributed by atoms with Crippen LogP contribution in [0.4, 0.5) is 5.95 Å². The molecule has 0 saturated carbocycles. The number of unbranched alkanes of at least 4 members (excludes halogenated alkanes) is 4. The number of aromatic nitrogens is 2. The molecule has 0 unspecified atom stereocenters. The summed E-state index contributed by atoms with van der Waals surface area (Å²) in [4.78, 5) is 11.1. The molecule has 0 atom stereocenters. The van der Waals surface area contributed by atoms with E-state index in [9.17, 15) is 0 Å². The standard InChI is InChI=1S/C15H23N3OS/c1-4-5-6-7-8-9-19-13-12-10-11(2)20-14(12)18-15(16-3)17-13/h10H,4-9H2,1-3H3,(H,16,17,18). The van der Waals surface area contributed by atoms with E-state index in [1.807, 2.05) is 7.05 Å². The Hall–Kier alpha value is -1.36. The van der Waals surface area contributed by atoms with Gasteiger partial charge in [-0.2, -0.15) is 4.98 Å². The van der Waals surface area contributed by atoms with E-state index in [4.69, 9.17) is 4.74 Å². The minimum Gasteiger partial charge on any atom is -0.477 e. The largest absolute Gasteiger partial charge is 0.477 e. The molecule has 20 heavy (non-hydrogen) atoms. The Labute approximate surface area is 124 Å². The number of thiophene rings is 1. The molecule has 0 bridgehead atoms. The molecular weight excluding hydrogens is 270 g/mol. The Bertz CT molecular complexity index is 553. The molecule has 4 nitrogen and oxygen atoms in total. The quantitative estimate of drug-likeness (QED) is 0.733. The van der Waals surface area contributed by atoms with E-state index in [-0.39, 0.29) is 0 Å². The maximum atomic E-state index is 5.87. The van der Waals surface area contributed by atoms with Crippen LogP contribution in [0.3, 0.4) is 0 Å². The lowest BCUT2D eigenvalue weighted by Gasteiger charge is -2.07. The topological polar surface area (TPSA) is 47.0 Å². The first-order chi connectivity index (χ1) is 9.74. The van der Waals surface area contributed by atoms with E-state index in [1.165, 1.54) is 30.6 Å². The zero-order valence-corrected chi connectivity index (χ0v) is 13.3. The lowest BCUT2D eigenvalue weighted by Crippen LogP contribution is -2.03. The molecule has 2 heterocycles. The molecule has 0 saturated heterocycles. The summed E-state index contributed by atoms with van der Waals surface area (Å²) in [5, 5.41) is 4.02. The Kier molecular flexibility index (Phi) is 5.59. The molecule has 2 rings (SSSR count). The Morgan fingerprint density at radius 2 is 2.00 bits per heavy atom. The summed E-state index contributed by atoms with van der Waals surface area (Å²) < 4.78 is 5.87. The first-order valence-electron chi connectivity index (χ1n) is 7.33. The molecule has 5 heteroatoms. The molecule has 0 fully saturated rings. The van der Waals surface area contributed by atoms with E-state index in [1.54, 1.807) is 11.3 Å². The fraction of sp³-hybridized carbons (Fsp3) is 0.600. The third-order valence-corrected chi connectivity index (χ3v) is 4.14. The maximum Gasteiger partial charge on any atom is 0.227 e. The minimum atomic E-state index is 0.625. The van der Waals surface area contributed by atoms with Gasteiger partial charge in [-0.25, -0.2) is 4.98 Å². The van der Waals surface area contributed by atoms with Crippen molar-refractivity contribution in [2.75, 3.05) is 19.0 Å². The zero-order chi connectivity index (χ0) is 14.4. The Morgan fingerprint density at radius 1 is 1.20 bits per heavy atom. The third kappa shape index (κ3) is 3.82. The second-order valence-electron chi connectivity index (χ2n) is 4.94. The minimum absolute atomic E-state index is 0.625. The first kappa shape index (κ1) is 15.0. The van der Waals surface area contributed by atoms with Gasteiger partial charge in [0.1, 0.15) is 4.83 Å². The van der Waals surface area contributed by atoms with Crippen LogP contribution in [0, 0.1) is 6.92 Å². The van der Waals surface area contributed by atoms with Gasteiger partial charge < -0.3 is 10.1 Å². The van der Waals surface area contributed by atoms with Gasteiger partial charge in [-0.1, -0.05) is 32.6 Å². The summed E-state index contributed by atoms with van der Waals surface area (Å²) >= 11 is 1.68. The van der Waals surface area contributed by atoms with Crippen LogP contribution in [0.25, 0.3) is 10.2 Å². The second kappa shape index (κ2) is 7.43. The van der Waals surface area contributed by atoms with Crippen LogP contribution in [0.15, 0.2) is 6.07 Å². The van der Waals surface area contributed by atoms with E-state index in [2.05, 4.69) is 35.2 Å². The van der Waals surface area contributed by atoms with Crippen molar-refractivity contribution in [1.29, 1.82) is 0 Å². The number of aryl methyl sites for hydroxylation is 1. The third-order valence-electron chi connectivity index (χ3n) is 3.19. The summed E-state index contributed by atoms with van der Waals surface area (Å²) in [6.07, 6.45) is 6.18. The summed E-state index contributed by atoms with van der Waals surface area (Å²) in [6, 6.07) is 2.10. The van der Waals surface area contributed by atoms with E-state index >= 15 is 0 Å². The van der Waals surface area contributed by atoms with Crippen LogP contribution < -0.4 is 10.1 Å². The molecule has 0 aliphatic heterocycles. The molecule has 2 aromatic rings. The average molecular weight is 293 g/mol. The molecule has 0 aromatic carbocycles. The van der Waals surface area contributed by atoms with Gasteiger partial charge in [-0.05, 0) is 19.4 Å². The highest BCUT2D eigenvalue weighted by Crippen LogP contribution is 2.31. The predicted octanol–water partition coefficient (Wildman–Crippen LogP) is 4.39. The van der Waals surface area contributed by atoms with Crippen LogP contribution in [-0.2, 0) is 0 Å². The number of rotatable bonds is 8. The zero-order valence-electron chi connectivity index (χ0n) is 12.5. The fourth-order valence-electron chi connectivity index (χ4n) is 2.11. The number of fused-ring (bicyclic) bond motifs is 1. The first-order valence-corrected chi connectivity index (χ1v) is 8.15. The van der Waals surface area contributed by atoms with Gasteiger partial charge in [-0.15, -0.1) is 11.3 Å². The summed E-state index contributed by atoms with van der Waals surface area (Å²) in [5.74, 6) is 1.33. The number of hydrogen-bond acceptors (Lipinski definition) is 5. The van der Waals surface area contributed by atoms with Crippen molar-refractivity contribution in [1.82, 2.24) is 9.97 Å². The van der Waals surface area contributed by atoms with Gasteiger partial charge in [0.2, 0.25) is 11.8 Å². The van der Waals surface area contributed by atoms with Crippen molar-refractivity contribution in [2.24, 2.45) is 0 Å². The van der Waals surface area contributed by atoms with Crippen molar-refractivity contribution in [3.63, 3.8) is 0 Å². The highest BCUT2D eigenvalue weighted by molar-refractivity contribution is 7.18. The fourth-order valence-corrected chi connectivity index (χ4v) is 2.98. The van der Waals surface area contributed by atoms with Crippen LogP contribution in [0.1, 0.15) is 43.9 Å². The number of nitrogens with zero attached hydrogens (tertiary/aromatic N) is 2. The summed E-state index contributed by atoms with van der Waals surface area (Å²) in [5.41, 5.74) is 0. The SMILES string of the molecule is CCCCCCCOc1nc(NC)nc2sc(C)cc12. The molecule has 0 aliphatic carbocycles. The van der Waals surface area contributed by atoms with Gasteiger partial charge in [-0.3, -0.25) is 0 Å². The Morgan fingerprint density at radius 3 is 2.75 bits per heavy atom. The Balaban J connectivity index is 2.00. The lowest BCUT2D eigenvalue weighted by molar-refractivity contribution is 0.297. The van der Waals surface area contributed by atoms with Gasteiger partial charge in [0.05, 0.1) is 12.0 Å². The predicted molar refractivity (Wildman–Crippen MR) is 86.0 cm³/mol. The molecule has 0 aliphatic rings. The van der Waals surface area contributed by atoms with Crippen LogP contribution in [-0.4, -0.2) is 23.6 Å². The number of nitrogens with one attached hydrogen (secondary N) is 1. The van der Waals surface area contributed by atoms with Gasteiger partial charge >= 0.3 is 0 Å². The summed E-state index contributed by atoms with van der Waals surface area (Å²) in [7, 11) is 1.83. The number of hydrogen-bond donors (Lipinski definition) is 1. The molecule has 0 radical (unpaired) electrons. The van der Waals surface area contributed by atoms with Gasteiger partial charge in [0, 0.05) is 11.9 Å². The van der Waals surface area contributed by atoms with Gasteiger partial charge in [0.25, 0.3) is 0 Å². The van der Waals surface area contributed by atoms with Crippen LogP contribution in [0.2, 0.25) is 0 Å².